The van der Waals surface area contributed by atoms with Crippen molar-refractivity contribution in [1.29, 1.82) is 0 Å². The Hall–Kier alpha value is -1.48. The van der Waals surface area contributed by atoms with E-state index < -0.39 is 0 Å². The van der Waals surface area contributed by atoms with E-state index in [2.05, 4.69) is 21.2 Å². The summed E-state index contributed by atoms with van der Waals surface area (Å²) in [5, 5.41) is 3.26. The van der Waals surface area contributed by atoms with Gasteiger partial charge >= 0.3 is 0 Å². The van der Waals surface area contributed by atoms with Gasteiger partial charge in [-0.05, 0) is 30.3 Å². The summed E-state index contributed by atoms with van der Waals surface area (Å²) >= 11 is 3.41. The third-order valence-electron chi connectivity index (χ3n) is 2.07. The molecule has 0 aliphatic carbocycles. The van der Waals surface area contributed by atoms with Gasteiger partial charge in [0.25, 0.3) is 0 Å². The number of nitrogen functional groups attached to an aromatic ring is 1. The molecule has 3 N–H and O–H groups in total. The van der Waals surface area contributed by atoms with Crippen molar-refractivity contribution in [3.8, 4) is 0 Å². The molecule has 76 valence electrons. The molecule has 2 aromatic carbocycles. The van der Waals surface area contributed by atoms with E-state index in [0.717, 1.165) is 21.5 Å². The van der Waals surface area contributed by atoms with Gasteiger partial charge in [-0.25, -0.2) is 0 Å². The number of benzene rings is 2. The molecule has 0 heterocycles. The molecule has 0 aliphatic heterocycles. The third kappa shape index (κ3) is 2.50. The van der Waals surface area contributed by atoms with E-state index in [1.165, 1.54) is 0 Å². The van der Waals surface area contributed by atoms with Crippen molar-refractivity contribution in [3.63, 3.8) is 0 Å². The quantitative estimate of drug-likeness (QED) is 0.809. The van der Waals surface area contributed by atoms with Crippen molar-refractivity contribution in [3.05, 3.63) is 53.0 Å². The molecule has 0 spiro atoms. The molecule has 2 aromatic rings. The van der Waals surface area contributed by atoms with Gasteiger partial charge in [0.2, 0.25) is 0 Å². The first-order valence-corrected chi connectivity index (χ1v) is 5.42. The fourth-order valence-corrected chi connectivity index (χ4v) is 1.67. The highest BCUT2D eigenvalue weighted by Gasteiger charge is 1.99. The van der Waals surface area contributed by atoms with Gasteiger partial charge in [-0.3, -0.25) is 0 Å². The third-order valence-corrected chi connectivity index (χ3v) is 2.56. The zero-order chi connectivity index (χ0) is 10.7. The lowest BCUT2D eigenvalue weighted by Gasteiger charge is -2.09. The molecule has 0 aliphatic rings. The normalized spacial score (nSPS) is 9.93. The van der Waals surface area contributed by atoms with Gasteiger partial charge < -0.3 is 11.1 Å². The molecule has 0 radical (unpaired) electrons. The Balaban J connectivity index is 2.28. The van der Waals surface area contributed by atoms with Crippen LogP contribution < -0.4 is 11.1 Å². The molecule has 0 saturated carbocycles. The Bertz CT molecular complexity index is 454. The molecule has 2 rings (SSSR count). The molecular formula is C12H11BrN2. The molecule has 0 atom stereocenters. The van der Waals surface area contributed by atoms with Crippen LogP contribution in [0.25, 0.3) is 0 Å². The number of hydrogen-bond acceptors (Lipinski definition) is 2. The van der Waals surface area contributed by atoms with Crippen LogP contribution in [-0.2, 0) is 0 Å². The second-order valence-electron chi connectivity index (χ2n) is 3.22. The smallest absolute Gasteiger partial charge is 0.0629 e. The van der Waals surface area contributed by atoms with E-state index in [0.29, 0.717) is 0 Å². The number of nitrogens with two attached hydrogens (primary N) is 1. The summed E-state index contributed by atoms with van der Waals surface area (Å²) in [5.41, 5.74) is 8.53. The van der Waals surface area contributed by atoms with Gasteiger partial charge in [0.15, 0.2) is 0 Å². The van der Waals surface area contributed by atoms with Gasteiger partial charge in [-0.15, -0.1) is 0 Å². The van der Waals surface area contributed by atoms with Crippen molar-refractivity contribution < 1.29 is 0 Å². The van der Waals surface area contributed by atoms with Gasteiger partial charge in [0, 0.05) is 10.2 Å². The highest BCUT2D eigenvalue weighted by Crippen LogP contribution is 2.26. The maximum Gasteiger partial charge on any atom is 0.0629 e. The summed E-state index contributed by atoms with van der Waals surface area (Å²) in [6, 6.07) is 15.7. The zero-order valence-electron chi connectivity index (χ0n) is 8.07. The summed E-state index contributed by atoms with van der Waals surface area (Å²) in [7, 11) is 0. The maximum atomic E-state index is 5.85. The predicted octanol–water partition coefficient (Wildman–Crippen LogP) is 3.77. The molecule has 0 unspecified atom stereocenters. The average Bonchev–Trinajstić information content (AvgIpc) is 2.25. The summed E-state index contributed by atoms with van der Waals surface area (Å²) in [4.78, 5) is 0. The number of para-hydroxylation sites is 1. The minimum atomic E-state index is 0.738. The van der Waals surface area contributed by atoms with E-state index in [-0.39, 0.29) is 0 Å². The number of halogens is 1. The van der Waals surface area contributed by atoms with Gasteiger partial charge in [0.1, 0.15) is 0 Å². The van der Waals surface area contributed by atoms with Crippen LogP contribution in [0.3, 0.4) is 0 Å². The van der Waals surface area contributed by atoms with Crippen LogP contribution in [0.15, 0.2) is 53.0 Å². The van der Waals surface area contributed by atoms with Crippen molar-refractivity contribution >= 4 is 33.0 Å². The van der Waals surface area contributed by atoms with Crippen LogP contribution in [0, 0.1) is 0 Å². The van der Waals surface area contributed by atoms with Crippen molar-refractivity contribution in [2.24, 2.45) is 0 Å². The minimum absolute atomic E-state index is 0.738. The Morgan fingerprint density at radius 2 is 1.73 bits per heavy atom. The summed E-state index contributed by atoms with van der Waals surface area (Å²) in [5.74, 6) is 0. The zero-order valence-corrected chi connectivity index (χ0v) is 9.66. The maximum absolute atomic E-state index is 5.85. The SMILES string of the molecule is Nc1ccc(Br)cc1Nc1ccccc1. The molecular weight excluding hydrogens is 252 g/mol. The number of rotatable bonds is 2. The molecule has 2 nitrogen and oxygen atoms in total. The molecule has 0 amide bonds. The van der Waals surface area contributed by atoms with E-state index in [4.69, 9.17) is 5.73 Å². The van der Waals surface area contributed by atoms with E-state index in [1.807, 2.05) is 48.5 Å². The lowest BCUT2D eigenvalue weighted by Crippen LogP contribution is -1.95. The number of anilines is 3. The topological polar surface area (TPSA) is 38.0 Å². The van der Waals surface area contributed by atoms with Crippen LogP contribution in [0.2, 0.25) is 0 Å². The van der Waals surface area contributed by atoms with Crippen molar-refractivity contribution in [2.75, 3.05) is 11.1 Å². The molecule has 0 bridgehead atoms. The first-order chi connectivity index (χ1) is 7.25. The Morgan fingerprint density at radius 1 is 1.00 bits per heavy atom. The second-order valence-corrected chi connectivity index (χ2v) is 4.14. The monoisotopic (exact) mass is 262 g/mol. The second kappa shape index (κ2) is 4.36. The van der Waals surface area contributed by atoms with Crippen LogP contribution >= 0.6 is 15.9 Å². The molecule has 0 saturated heterocycles. The van der Waals surface area contributed by atoms with Crippen LogP contribution in [0.4, 0.5) is 17.1 Å². The highest BCUT2D eigenvalue weighted by molar-refractivity contribution is 9.10. The predicted molar refractivity (Wildman–Crippen MR) is 68.3 cm³/mol. The summed E-state index contributed by atoms with van der Waals surface area (Å²) in [6.07, 6.45) is 0. The molecule has 0 aromatic heterocycles. The minimum Gasteiger partial charge on any atom is -0.397 e. The lowest BCUT2D eigenvalue weighted by molar-refractivity contribution is 1.53. The highest BCUT2D eigenvalue weighted by atomic mass is 79.9. The van der Waals surface area contributed by atoms with Crippen LogP contribution in [0.1, 0.15) is 0 Å². The average molecular weight is 263 g/mol. The first kappa shape index (κ1) is 10.1. The van der Waals surface area contributed by atoms with E-state index in [9.17, 15) is 0 Å². The standard InChI is InChI=1S/C12H11BrN2/c13-9-6-7-11(14)12(8-9)15-10-4-2-1-3-5-10/h1-8,15H,14H2. The number of nitrogens with one attached hydrogen (secondary N) is 1. The van der Waals surface area contributed by atoms with Gasteiger partial charge in [-0.2, -0.15) is 0 Å². The van der Waals surface area contributed by atoms with Crippen molar-refractivity contribution in [1.82, 2.24) is 0 Å². The first-order valence-electron chi connectivity index (χ1n) is 4.63. The van der Waals surface area contributed by atoms with Crippen LogP contribution in [-0.4, -0.2) is 0 Å². The van der Waals surface area contributed by atoms with E-state index in [1.54, 1.807) is 0 Å². The summed E-state index contributed by atoms with van der Waals surface area (Å²) in [6.45, 7) is 0. The van der Waals surface area contributed by atoms with Gasteiger partial charge in [0.05, 0.1) is 11.4 Å². The Kier molecular flexibility index (Phi) is 2.92. The largest absolute Gasteiger partial charge is 0.397 e. The molecule has 15 heavy (non-hydrogen) atoms. The number of hydrogen-bond donors (Lipinski definition) is 2. The van der Waals surface area contributed by atoms with Crippen LogP contribution in [0.5, 0.6) is 0 Å². The molecule has 0 fully saturated rings. The lowest BCUT2D eigenvalue weighted by atomic mass is 10.2. The van der Waals surface area contributed by atoms with E-state index >= 15 is 0 Å². The molecule has 3 heteroatoms. The van der Waals surface area contributed by atoms with Gasteiger partial charge in [-0.1, -0.05) is 34.1 Å². The Morgan fingerprint density at radius 3 is 2.47 bits per heavy atom. The summed E-state index contributed by atoms with van der Waals surface area (Å²) < 4.78 is 1.01. The van der Waals surface area contributed by atoms with Crippen molar-refractivity contribution in [2.45, 2.75) is 0 Å². The Labute approximate surface area is 97.2 Å². The fourth-order valence-electron chi connectivity index (χ4n) is 1.31. The fraction of sp³-hybridized carbons (Fsp3) is 0.